The lowest BCUT2D eigenvalue weighted by Gasteiger charge is -2.16. The maximum atomic E-state index is 12.8. The van der Waals surface area contributed by atoms with Crippen LogP contribution in [0.25, 0.3) is 0 Å². The average molecular weight is 270 g/mol. The zero-order valence-electron chi connectivity index (χ0n) is 9.66. The first-order valence-corrected chi connectivity index (χ1v) is 7.24. The normalized spacial score (nSPS) is 25.5. The van der Waals surface area contributed by atoms with Crippen LogP contribution >= 0.6 is 0 Å². The number of sulfone groups is 1. The zero-order valence-corrected chi connectivity index (χ0v) is 10.5. The third-order valence-electron chi connectivity index (χ3n) is 2.37. The van der Waals surface area contributed by atoms with Gasteiger partial charge in [-0.25, -0.2) is 17.2 Å². The molecule has 2 N–H and O–H groups in total. The third kappa shape index (κ3) is 4.95. The molecule has 2 unspecified atom stereocenters. The Morgan fingerprint density at radius 3 is 2.59 bits per heavy atom. The Hall–Kier alpha value is -0.760. The van der Waals surface area contributed by atoms with Crippen molar-refractivity contribution >= 4 is 15.7 Å². The number of hydrogen-bond donors (Lipinski definition) is 2. The lowest BCUT2D eigenvalue weighted by molar-refractivity contribution is -0.123. The second-order valence-corrected chi connectivity index (χ2v) is 6.68. The number of rotatable bonds is 4. The summed E-state index contributed by atoms with van der Waals surface area (Å²) in [4.78, 5) is 11.5. The number of halogens is 2. The van der Waals surface area contributed by atoms with E-state index in [0.29, 0.717) is 0 Å². The number of alkyl halides is 2. The molecule has 5 nitrogen and oxygen atoms in total. The molecule has 0 aromatic heterocycles. The molecular formula is C9H16F2N2O3S. The van der Waals surface area contributed by atoms with E-state index in [-0.39, 0.29) is 5.75 Å². The molecule has 0 bridgehead atoms. The van der Waals surface area contributed by atoms with Crippen LogP contribution < -0.4 is 10.6 Å². The molecule has 0 aliphatic carbocycles. The number of hydrogen-bond acceptors (Lipinski definition) is 4. The highest BCUT2D eigenvalue weighted by molar-refractivity contribution is 7.90. The minimum Gasteiger partial charge on any atom is -0.351 e. The monoisotopic (exact) mass is 270 g/mol. The van der Waals surface area contributed by atoms with Crippen molar-refractivity contribution < 1.29 is 22.0 Å². The van der Waals surface area contributed by atoms with Gasteiger partial charge in [0.25, 0.3) is 5.92 Å². The van der Waals surface area contributed by atoms with Crippen LogP contribution in [0.3, 0.4) is 0 Å². The standard InChI is InChI=1S/C9H16F2N2O3S/c1-6(4-17(2,15)16)13-8(14)7-3-9(10,11)5-12-7/h6-7,12H,3-5H2,1-2H3,(H,13,14). The van der Waals surface area contributed by atoms with E-state index in [1.165, 1.54) is 6.92 Å². The van der Waals surface area contributed by atoms with Crippen molar-refractivity contribution in [3.05, 3.63) is 0 Å². The molecule has 0 aromatic carbocycles. The third-order valence-corrected chi connectivity index (χ3v) is 3.47. The maximum Gasteiger partial charge on any atom is 0.262 e. The van der Waals surface area contributed by atoms with Gasteiger partial charge in [0, 0.05) is 18.7 Å². The van der Waals surface area contributed by atoms with Gasteiger partial charge in [0.05, 0.1) is 18.3 Å². The molecule has 0 aromatic rings. The fourth-order valence-corrected chi connectivity index (χ4v) is 2.73. The van der Waals surface area contributed by atoms with Gasteiger partial charge in [-0.3, -0.25) is 10.1 Å². The van der Waals surface area contributed by atoms with Crippen LogP contribution in [0.15, 0.2) is 0 Å². The Morgan fingerprint density at radius 1 is 1.59 bits per heavy atom. The van der Waals surface area contributed by atoms with E-state index in [0.717, 1.165) is 6.26 Å². The van der Waals surface area contributed by atoms with Crippen molar-refractivity contribution in [2.24, 2.45) is 0 Å². The first-order chi connectivity index (χ1) is 7.59. The highest BCUT2D eigenvalue weighted by Gasteiger charge is 2.42. The SMILES string of the molecule is CC(CS(C)(=O)=O)NC(=O)C1CC(F)(F)CN1. The van der Waals surface area contributed by atoms with E-state index in [1.807, 2.05) is 0 Å². The van der Waals surface area contributed by atoms with Gasteiger partial charge in [0.2, 0.25) is 5.91 Å². The van der Waals surface area contributed by atoms with Gasteiger partial charge >= 0.3 is 0 Å². The van der Waals surface area contributed by atoms with E-state index in [4.69, 9.17) is 0 Å². The first-order valence-electron chi connectivity index (χ1n) is 5.18. The average Bonchev–Trinajstić information content (AvgIpc) is 2.42. The predicted molar refractivity (Wildman–Crippen MR) is 58.7 cm³/mol. The van der Waals surface area contributed by atoms with Gasteiger partial charge in [-0.2, -0.15) is 0 Å². The van der Waals surface area contributed by atoms with E-state index in [2.05, 4.69) is 10.6 Å². The molecule has 1 fully saturated rings. The molecular weight excluding hydrogens is 254 g/mol. The number of nitrogens with one attached hydrogen (secondary N) is 2. The van der Waals surface area contributed by atoms with E-state index >= 15 is 0 Å². The highest BCUT2D eigenvalue weighted by atomic mass is 32.2. The van der Waals surface area contributed by atoms with Crippen molar-refractivity contribution in [2.75, 3.05) is 18.6 Å². The molecule has 0 spiro atoms. The summed E-state index contributed by atoms with van der Waals surface area (Å²) in [6.07, 6.45) is 0.502. The Kier molecular flexibility index (Phi) is 4.08. The Balaban J connectivity index is 2.45. The smallest absolute Gasteiger partial charge is 0.262 e. The fourth-order valence-electron chi connectivity index (χ4n) is 1.74. The summed E-state index contributed by atoms with van der Waals surface area (Å²) in [7, 11) is -3.20. The van der Waals surface area contributed by atoms with Crippen LogP contribution in [0.5, 0.6) is 0 Å². The molecule has 100 valence electrons. The molecule has 1 amide bonds. The van der Waals surface area contributed by atoms with Gasteiger partial charge in [0.15, 0.2) is 0 Å². The molecule has 1 aliphatic heterocycles. The predicted octanol–water partition coefficient (Wildman–Crippen LogP) is -0.467. The first kappa shape index (κ1) is 14.3. The van der Waals surface area contributed by atoms with Crippen LogP contribution in [0.4, 0.5) is 8.78 Å². The van der Waals surface area contributed by atoms with Gasteiger partial charge in [-0.1, -0.05) is 0 Å². The quantitative estimate of drug-likeness (QED) is 0.724. The summed E-state index contributed by atoms with van der Waals surface area (Å²) in [5, 5.41) is 4.81. The molecule has 2 atom stereocenters. The van der Waals surface area contributed by atoms with Crippen LogP contribution in [0.1, 0.15) is 13.3 Å². The second-order valence-electron chi connectivity index (χ2n) is 4.50. The Labute approximate surface area is 98.9 Å². The van der Waals surface area contributed by atoms with E-state index < -0.39 is 46.7 Å². The van der Waals surface area contributed by atoms with Crippen LogP contribution in [0, 0.1) is 0 Å². The van der Waals surface area contributed by atoms with Crippen LogP contribution in [-0.4, -0.2) is 50.9 Å². The fraction of sp³-hybridized carbons (Fsp3) is 0.889. The minimum absolute atomic E-state index is 0.206. The van der Waals surface area contributed by atoms with E-state index in [1.54, 1.807) is 0 Å². The van der Waals surface area contributed by atoms with Crippen molar-refractivity contribution in [1.29, 1.82) is 0 Å². The largest absolute Gasteiger partial charge is 0.351 e. The summed E-state index contributed by atoms with van der Waals surface area (Å²) < 4.78 is 47.6. The summed E-state index contributed by atoms with van der Waals surface area (Å²) >= 11 is 0. The summed E-state index contributed by atoms with van der Waals surface area (Å²) in [6.45, 7) is 0.998. The molecule has 0 radical (unpaired) electrons. The van der Waals surface area contributed by atoms with Crippen molar-refractivity contribution in [1.82, 2.24) is 10.6 Å². The number of carbonyl (C=O) groups excluding carboxylic acids is 1. The van der Waals surface area contributed by atoms with Gasteiger partial charge in [-0.15, -0.1) is 0 Å². The lowest BCUT2D eigenvalue weighted by atomic mass is 10.2. The molecule has 17 heavy (non-hydrogen) atoms. The van der Waals surface area contributed by atoms with Crippen LogP contribution in [0.2, 0.25) is 0 Å². The second kappa shape index (κ2) is 4.85. The summed E-state index contributed by atoms with van der Waals surface area (Å²) in [6, 6.07) is -1.54. The molecule has 1 saturated heterocycles. The molecule has 1 rings (SSSR count). The highest BCUT2D eigenvalue weighted by Crippen LogP contribution is 2.25. The Bertz CT molecular complexity index is 397. The van der Waals surface area contributed by atoms with Crippen molar-refractivity contribution in [3.63, 3.8) is 0 Å². The summed E-state index contributed by atoms with van der Waals surface area (Å²) in [5.41, 5.74) is 0. The number of carbonyl (C=O) groups is 1. The number of amides is 1. The van der Waals surface area contributed by atoms with Gasteiger partial charge in [-0.05, 0) is 6.92 Å². The van der Waals surface area contributed by atoms with Gasteiger partial charge in [0.1, 0.15) is 9.84 Å². The van der Waals surface area contributed by atoms with E-state index in [9.17, 15) is 22.0 Å². The summed E-state index contributed by atoms with van der Waals surface area (Å²) in [5.74, 6) is -3.66. The molecule has 1 aliphatic rings. The molecule has 0 saturated carbocycles. The topological polar surface area (TPSA) is 75.3 Å². The molecule has 1 heterocycles. The Morgan fingerprint density at radius 2 is 2.18 bits per heavy atom. The lowest BCUT2D eigenvalue weighted by Crippen LogP contribution is -2.46. The van der Waals surface area contributed by atoms with Gasteiger partial charge < -0.3 is 5.32 Å². The maximum absolute atomic E-state index is 12.8. The van der Waals surface area contributed by atoms with Crippen molar-refractivity contribution in [3.8, 4) is 0 Å². The van der Waals surface area contributed by atoms with Crippen LogP contribution in [-0.2, 0) is 14.6 Å². The van der Waals surface area contributed by atoms with Crippen molar-refractivity contribution in [2.45, 2.75) is 31.4 Å². The minimum atomic E-state index is -3.20. The molecule has 8 heteroatoms. The zero-order chi connectivity index (χ0) is 13.3.